The van der Waals surface area contributed by atoms with E-state index in [4.69, 9.17) is 5.73 Å². The molecule has 0 atom stereocenters. The van der Waals surface area contributed by atoms with Crippen molar-refractivity contribution in [3.63, 3.8) is 0 Å². The minimum absolute atomic E-state index is 0.284. The van der Waals surface area contributed by atoms with Crippen LogP contribution in [0.1, 0.15) is 12.6 Å². The second-order valence-electron chi connectivity index (χ2n) is 3.80. The summed E-state index contributed by atoms with van der Waals surface area (Å²) in [6, 6.07) is 6.25. The molecule has 2 aromatic rings. The van der Waals surface area contributed by atoms with E-state index in [-0.39, 0.29) is 5.82 Å². The molecule has 3 N–H and O–H groups in total. The number of halogens is 1. The number of benzene rings is 1. The molecule has 90 valence electrons. The Kier molecular flexibility index (Phi) is 2.99. The molecule has 0 radical (unpaired) electrons. The molecule has 0 aliphatic carbocycles. The van der Waals surface area contributed by atoms with Crippen molar-refractivity contribution in [2.75, 3.05) is 11.1 Å². The van der Waals surface area contributed by atoms with Crippen LogP contribution in [0.15, 0.2) is 24.3 Å². The molecule has 0 amide bonds. The highest BCUT2D eigenvalue weighted by atomic mass is 19.1. The molecular weight excluding hydrogens is 219 g/mol. The highest BCUT2D eigenvalue weighted by Gasteiger charge is 2.11. The molecular formula is C12H15FN4. The fraction of sp³-hybridized carbons (Fsp3) is 0.250. The van der Waals surface area contributed by atoms with E-state index in [1.807, 2.05) is 13.8 Å². The summed E-state index contributed by atoms with van der Waals surface area (Å²) in [6.07, 6.45) is 0. The zero-order valence-electron chi connectivity index (χ0n) is 9.87. The number of aromatic nitrogens is 2. The average molecular weight is 234 g/mol. The van der Waals surface area contributed by atoms with Crippen molar-refractivity contribution in [2.45, 2.75) is 20.4 Å². The lowest BCUT2D eigenvalue weighted by molar-refractivity contribution is 0.628. The predicted octanol–water partition coefficient (Wildman–Crippen LogP) is 2.68. The van der Waals surface area contributed by atoms with E-state index in [1.165, 1.54) is 12.1 Å². The maximum Gasteiger partial charge on any atom is 0.152 e. The number of rotatable bonds is 3. The average Bonchev–Trinajstić information content (AvgIpc) is 2.57. The summed E-state index contributed by atoms with van der Waals surface area (Å²) in [4.78, 5) is 0. The van der Waals surface area contributed by atoms with E-state index in [0.29, 0.717) is 23.7 Å². The van der Waals surface area contributed by atoms with Gasteiger partial charge < -0.3 is 11.1 Å². The van der Waals surface area contributed by atoms with Crippen molar-refractivity contribution in [2.24, 2.45) is 0 Å². The SMILES string of the molecule is CCn1nc(C)c(N)c1Nc1cccc(F)c1. The quantitative estimate of drug-likeness (QED) is 0.858. The zero-order chi connectivity index (χ0) is 12.4. The van der Waals surface area contributed by atoms with Gasteiger partial charge in [0.05, 0.1) is 11.4 Å². The molecule has 1 aromatic heterocycles. The number of aryl methyl sites for hydroxylation is 2. The molecule has 17 heavy (non-hydrogen) atoms. The van der Waals surface area contributed by atoms with Crippen LogP contribution in [0.5, 0.6) is 0 Å². The predicted molar refractivity (Wildman–Crippen MR) is 66.7 cm³/mol. The molecule has 0 aliphatic rings. The largest absolute Gasteiger partial charge is 0.394 e. The summed E-state index contributed by atoms with van der Waals surface area (Å²) in [7, 11) is 0. The second kappa shape index (κ2) is 4.45. The minimum Gasteiger partial charge on any atom is -0.394 e. The molecule has 0 aliphatic heterocycles. The minimum atomic E-state index is -0.284. The van der Waals surface area contributed by atoms with E-state index in [1.54, 1.807) is 16.8 Å². The van der Waals surface area contributed by atoms with Crippen molar-refractivity contribution in [3.8, 4) is 0 Å². The van der Waals surface area contributed by atoms with Crippen LogP contribution < -0.4 is 11.1 Å². The molecule has 4 nitrogen and oxygen atoms in total. The summed E-state index contributed by atoms with van der Waals surface area (Å²) < 4.78 is 14.8. The summed E-state index contributed by atoms with van der Waals surface area (Å²) >= 11 is 0. The molecule has 1 heterocycles. The van der Waals surface area contributed by atoms with Gasteiger partial charge in [-0.2, -0.15) is 5.10 Å². The fourth-order valence-electron chi connectivity index (χ4n) is 1.66. The van der Waals surface area contributed by atoms with Gasteiger partial charge in [0.2, 0.25) is 0 Å². The Morgan fingerprint density at radius 2 is 2.24 bits per heavy atom. The van der Waals surface area contributed by atoms with Crippen molar-refractivity contribution in [3.05, 3.63) is 35.8 Å². The van der Waals surface area contributed by atoms with Gasteiger partial charge in [-0.3, -0.25) is 0 Å². The van der Waals surface area contributed by atoms with Crippen LogP contribution in [0.4, 0.5) is 21.6 Å². The number of nitrogens with one attached hydrogen (secondary N) is 1. The summed E-state index contributed by atoms with van der Waals surface area (Å²) in [6.45, 7) is 4.52. The maximum absolute atomic E-state index is 13.1. The molecule has 0 fully saturated rings. The Morgan fingerprint density at radius 1 is 1.47 bits per heavy atom. The standard InChI is InChI=1S/C12H15FN4/c1-3-17-12(11(14)8(2)16-17)15-10-6-4-5-9(13)7-10/h4-7,15H,3,14H2,1-2H3. The third-order valence-corrected chi connectivity index (χ3v) is 2.56. The van der Waals surface area contributed by atoms with E-state index in [2.05, 4.69) is 10.4 Å². The van der Waals surface area contributed by atoms with Gasteiger partial charge in [0, 0.05) is 12.2 Å². The van der Waals surface area contributed by atoms with Crippen LogP contribution in [0.2, 0.25) is 0 Å². The first-order valence-corrected chi connectivity index (χ1v) is 5.47. The van der Waals surface area contributed by atoms with Gasteiger partial charge in [0.1, 0.15) is 5.82 Å². The molecule has 0 unspecified atom stereocenters. The van der Waals surface area contributed by atoms with Crippen LogP contribution in [0.3, 0.4) is 0 Å². The smallest absolute Gasteiger partial charge is 0.152 e. The Morgan fingerprint density at radius 3 is 2.88 bits per heavy atom. The van der Waals surface area contributed by atoms with Crippen LogP contribution >= 0.6 is 0 Å². The Bertz CT molecular complexity index is 533. The van der Waals surface area contributed by atoms with Gasteiger partial charge >= 0.3 is 0 Å². The lowest BCUT2D eigenvalue weighted by Crippen LogP contribution is -2.04. The van der Waals surface area contributed by atoms with E-state index >= 15 is 0 Å². The Labute approximate surface area is 99.2 Å². The maximum atomic E-state index is 13.1. The van der Waals surface area contributed by atoms with Gasteiger partial charge in [-0.1, -0.05) is 6.07 Å². The molecule has 0 spiro atoms. The third kappa shape index (κ3) is 2.22. The third-order valence-electron chi connectivity index (χ3n) is 2.56. The number of anilines is 3. The van der Waals surface area contributed by atoms with E-state index in [0.717, 1.165) is 5.69 Å². The monoisotopic (exact) mass is 234 g/mol. The second-order valence-corrected chi connectivity index (χ2v) is 3.80. The lowest BCUT2D eigenvalue weighted by Gasteiger charge is -2.09. The number of nitrogens with two attached hydrogens (primary N) is 1. The van der Waals surface area contributed by atoms with Crippen molar-refractivity contribution in [1.29, 1.82) is 0 Å². The van der Waals surface area contributed by atoms with Crippen molar-refractivity contribution < 1.29 is 4.39 Å². The number of hydrogen-bond donors (Lipinski definition) is 2. The highest BCUT2D eigenvalue weighted by Crippen LogP contribution is 2.26. The fourth-order valence-corrected chi connectivity index (χ4v) is 1.66. The summed E-state index contributed by atoms with van der Waals surface area (Å²) in [5, 5.41) is 7.37. The molecule has 0 saturated carbocycles. The number of nitrogen functional groups attached to an aromatic ring is 1. The van der Waals surface area contributed by atoms with Gasteiger partial charge in [0.25, 0.3) is 0 Å². The van der Waals surface area contributed by atoms with Crippen LogP contribution in [-0.2, 0) is 6.54 Å². The Hall–Kier alpha value is -2.04. The highest BCUT2D eigenvalue weighted by molar-refractivity contribution is 5.71. The van der Waals surface area contributed by atoms with Gasteiger partial charge in [-0.05, 0) is 32.0 Å². The van der Waals surface area contributed by atoms with Gasteiger partial charge in [-0.15, -0.1) is 0 Å². The molecule has 0 saturated heterocycles. The molecule has 5 heteroatoms. The summed E-state index contributed by atoms with van der Waals surface area (Å²) in [5.74, 6) is 0.420. The Balaban J connectivity index is 2.35. The van der Waals surface area contributed by atoms with Crippen molar-refractivity contribution >= 4 is 17.2 Å². The molecule has 2 rings (SSSR count). The van der Waals surface area contributed by atoms with E-state index < -0.39 is 0 Å². The first kappa shape index (κ1) is 11.4. The first-order chi connectivity index (χ1) is 8.11. The topological polar surface area (TPSA) is 55.9 Å². The van der Waals surface area contributed by atoms with Gasteiger partial charge in [-0.25, -0.2) is 9.07 Å². The van der Waals surface area contributed by atoms with Crippen LogP contribution in [0.25, 0.3) is 0 Å². The van der Waals surface area contributed by atoms with Gasteiger partial charge in [0.15, 0.2) is 5.82 Å². The number of hydrogen-bond acceptors (Lipinski definition) is 3. The number of nitrogens with zero attached hydrogens (tertiary/aromatic N) is 2. The normalized spacial score (nSPS) is 10.5. The lowest BCUT2D eigenvalue weighted by atomic mass is 10.3. The van der Waals surface area contributed by atoms with Crippen LogP contribution in [0, 0.1) is 12.7 Å². The molecule has 0 bridgehead atoms. The first-order valence-electron chi connectivity index (χ1n) is 5.47. The van der Waals surface area contributed by atoms with E-state index in [9.17, 15) is 4.39 Å². The zero-order valence-corrected chi connectivity index (χ0v) is 9.87. The summed E-state index contributed by atoms with van der Waals surface area (Å²) in [5.41, 5.74) is 7.95. The van der Waals surface area contributed by atoms with Crippen LogP contribution in [-0.4, -0.2) is 9.78 Å². The van der Waals surface area contributed by atoms with Crippen molar-refractivity contribution in [1.82, 2.24) is 9.78 Å². The molecule has 1 aromatic carbocycles.